The number of hydrogen-bond acceptors (Lipinski definition) is 5. The second-order valence-corrected chi connectivity index (χ2v) is 5.70. The van der Waals surface area contributed by atoms with Gasteiger partial charge in [-0.15, -0.1) is 0 Å². The van der Waals surface area contributed by atoms with Crippen LogP contribution in [0.25, 0.3) is 0 Å². The maximum atomic E-state index is 12.4. The van der Waals surface area contributed by atoms with Gasteiger partial charge in [-0.05, 0) is 18.6 Å². The largest absolute Gasteiger partial charge is 0.369 e. The van der Waals surface area contributed by atoms with Gasteiger partial charge in [-0.25, -0.2) is 4.98 Å². The van der Waals surface area contributed by atoms with Gasteiger partial charge in [-0.1, -0.05) is 6.92 Å². The zero-order valence-corrected chi connectivity index (χ0v) is 12.1. The Morgan fingerprint density at radius 1 is 1.42 bits per heavy atom. The van der Waals surface area contributed by atoms with Crippen molar-refractivity contribution in [2.24, 2.45) is 0 Å². The molecule has 1 aliphatic rings. The maximum Gasteiger partial charge on any atom is 0.274 e. The second-order valence-electron chi connectivity index (χ2n) is 4.47. The minimum atomic E-state index is -0.00449. The Kier molecular flexibility index (Phi) is 5.44. The number of aromatic nitrogens is 2. The van der Waals surface area contributed by atoms with Crippen LogP contribution < -0.4 is 5.32 Å². The van der Waals surface area contributed by atoms with Crippen molar-refractivity contribution < 1.29 is 4.79 Å². The quantitative estimate of drug-likeness (QED) is 0.912. The van der Waals surface area contributed by atoms with Crippen molar-refractivity contribution in [3.05, 3.63) is 18.1 Å². The molecule has 1 N–H and O–H groups in total. The fourth-order valence-electron chi connectivity index (χ4n) is 1.92. The van der Waals surface area contributed by atoms with Gasteiger partial charge in [0.1, 0.15) is 11.5 Å². The van der Waals surface area contributed by atoms with Crippen LogP contribution in [-0.2, 0) is 0 Å². The smallest absolute Gasteiger partial charge is 0.274 e. The van der Waals surface area contributed by atoms with Gasteiger partial charge in [0, 0.05) is 25.4 Å². The molecule has 1 saturated heterocycles. The number of nitrogens with zero attached hydrogens (tertiary/aromatic N) is 3. The minimum absolute atomic E-state index is 0.00449. The molecule has 19 heavy (non-hydrogen) atoms. The summed E-state index contributed by atoms with van der Waals surface area (Å²) in [7, 11) is 0. The average Bonchev–Trinajstić information content (AvgIpc) is 2.73. The van der Waals surface area contributed by atoms with Crippen LogP contribution in [0.5, 0.6) is 0 Å². The number of carbonyl (C=O) groups excluding carboxylic acids is 1. The highest BCUT2D eigenvalue weighted by Gasteiger charge is 2.19. The summed E-state index contributed by atoms with van der Waals surface area (Å²) in [6.45, 7) is 4.55. The summed E-state index contributed by atoms with van der Waals surface area (Å²) < 4.78 is 0. The number of nitrogens with one attached hydrogen (secondary N) is 1. The summed E-state index contributed by atoms with van der Waals surface area (Å²) >= 11 is 1.90. The number of rotatable bonds is 4. The molecule has 0 unspecified atom stereocenters. The van der Waals surface area contributed by atoms with Crippen LogP contribution >= 0.6 is 11.8 Å². The second kappa shape index (κ2) is 7.33. The van der Waals surface area contributed by atoms with Crippen LogP contribution in [0.3, 0.4) is 0 Å². The third-order valence-electron chi connectivity index (χ3n) is 2.92. The molecule has 1 fully saturated rings. The van der Waals surface area contributed by atoms with Crippen molar-refractivity contribution in [1.29, 1.82) is 0 Å². The van der Waals surface area contributed by atoms with E-state index in [9.17, 15) is 4.79 Å². The minimum Gasteiger partial charge on any atom is -0.369 e. The number of thioether (sulfide) groups is 1. The van der Waals surface area contributed by atoms with Crippen molar-refractivity contribution >= 4 is 23.5 Å². The van der Waals surface area contributed by atoms with Crippen LogP contribution in [0.4, 0.5) is 5.82 Å². The molecule has 0 atom stereocenters. The zero-order valence-electron chi connectivity index (χ0n) is 11.3. The predicted molar refractivity (Wildman–Crippen MR) is 78.7 cm³/mol. The molecule has 0 bridgehead atoms. The first-order valence-corrected chi connectivity index (χ1v) is 7.89. The summed E-state index contributed by atoms with van der Waals surface area (Å²) in [6.07, 6.45) is 5.28. The summed E-state index contributed by atoms with van der Waals surface area (Å²) in [5, 5.41) is 3.16. The fourth-order valence-corrected chi connectivity index (χ4v) is 2.81. The highest BCUT2D eigenvalue weighted by molar-refractivity contribution is 7.99. The van der Waals surface area contributed by atoms with Crippen molar-refractivity contribution in [3.8, 4) is 0 Å². The summed E-state index contributed by atoms with van der Waals surface area (Å²) in [6, 6.07) is 0. The lowest BCUT2D eigenvalue weighted by molar-refractivity contribution is 0.0762. The average molecular weight is 280 g/mol. The highest BCUT2D eigenvalue weighted by atomic mass is 32.2. The van der Waals surface area contributed by atoms with Gasteiger partial charge in [-0.2, -0.15) is 11.8 Å². The fraction of sp³-hybridized carbons (Fsp3) is 0.615. The summed E-state index contributed by atoms with van der Waals surface area (Å²) in [4.78, 5) is 22.7. The molecule has 1 aromatic heterocycles. The van der Waals surface area contributed by atoms with E-state index in [1.807, 2.05) is 16.7 Å². The zero-order chi connectivity index (χ0) is 13.5. The van der Waals surface area contributed by atoms with Crippen LogP contribution in [0.15, 0.2) is 12.4 Å². The molecular formula is C13H20N4OS. The number of hydrogen-bond donors (Lipinski definition) is 1. The molecule has 0 saturated carbocycles. The lowest BCUT2D eigenvalue weighted by Gasteiger charge is -2.19. The Bertz CT molecular complexity index is 419. The van der Waals surface area contributed by atoms with Crippen molar-refractivity contribution in [2.75, 3.05) is 36.5 Å². The topological polar surface area (TPSA) is 58.1 Å². The third kappa shape index (κ3) is 4.09. The molecule has 104 valence electrons. The van der Waals surface area contributed by atoms with Gasteiger partial charge in [-0.3, -0.25) is 9.78 Å². The maximum absolute atomic E-state index is 12.4. The van der Waals surface area contributed by atoms with Gasteiger partial charge in [0.25, 0.3) is 5.91 Å². The first kappa shape index (κ1) is 14.1. The Hall–Kier alpha value is -1.30. The molecule has 0 aliphatic carbocycles. The van der Waals surface area contributed by atoms with E-state index in [4.69, 9.17) is 0 Å². The van der Waals surface area contributed by atoms with Crippen LogP contribution in [0.2, 0.25) is 0 Å². The monoisotopic (exact) mass is 280 g/mol. The Morgan fingerprint density at radius 2 is 2.32 bits per heavy atom. The van der Waals surface area contributed by atoms with Crippen LogP contribution in [0, 0.1) is 0 Å². The third-order valence-corrected chi connectivity index (χ3v) is 3.97. The number of amides is 1. The van der Waals surface area contributed by atoms with Crippen molar-refractivity contribution in [3.63, 3.8) is 0 Å². The first-order chi connectivity index (χ1) is 9.31. The van der Waals surface area contributed by atoms with Crippen LogP contribution in [-0.4, -0.2) is 51.9 Å². The van der Waals surface area contributed by atoms with E-state index in [2.05, 4.69) is 22.2 Å². The Labute approximate surface area is 118 Å². The van der Waals surface area contributed by atoms with Crippen molar-refractivity contribution in [2.45, 2.75) is 19.8 Å². The normalized spacial score (nSPS) is 15.9. The molecule has 5 nitrogen and oxygen atoms in total. The SMILES string of the molecule is CCCNc1cncc(C(=O)N2CCCSCC2)n1. The molecule has 0 spiro atoms. The van der Waals surface area contributed by atoms with Gasteiger partial charge >= 0.3 is 0 Å². The van der Waals surface area contributed by atoms with Gasteiger partial charge < -0.3 is 10.2 Å². The summed E-state index contributed by atoms with van der Waals surface area (Å²) in [5.41, 5.74) is 0.438. The van der Waals surface area contributed by atoms with Crippen LogP contribution in [0.1, 0.15) is 30.3 Å². The number of carbonyl (C=O) groups is 1. The molecule has 1 aromatic rings. The lowest BCUT2D eigenvalue weighted by Crippen LogP contribution is -2.33. The van der Waals surface area contributed by atoms with E-state index in [-0.39, 0.29) is 5.91 Å². The summed E-state index contributed by atoms with van der Waals surface area (Å²) in [5.74, 6) is 2.81. The molecule has 2 rings (SSSR count). The van der Waals surface area contributed by atoms with E-state index in [1.165, 1.54) is 0 Å². The Balaban J connectivity index is 2.04. The van der Waals surface area contributed by atoms with Gasteiger partial charge in [0.2, 0.25) is 0 Å². The van der Waals surface area contributed by atoms with Gasteiger partial charge in [0.05, 0.1) is 12.4 Å². The molecule has 1 amide bonds. The van der Waals surface area contributed by atoms with E-state index in [0.717, 1.165) is 44.0 Å². The van der Waals surface area contributed by atoms with E-state index in [0.29, 0.717) is 11.5 Å². The van der Waals surface area contributed by atoms with Gasteiger partial charge in [0.15, 0.2) is 0 Å². The first-order valence-electron chi connectivity index (χ1n) is 6.74. The molecule has 6 heteroatoms. The number of anilines is 1. The lowest BCUT2D eigenvalue weighted by atomic mass is 10.3. The van der Waals surface area contributed by atoms with E-state index < -0.39 is 0 Å². The standard InChI is InChI=1S/C13H20N4OS/c1-2-4-15-12-10-14-9-11(16-12)13(18)17-5-3-7-19-8-6-17/h9-10H,2-8H2,1H3,(H,15,16). The molecule has 2 heterocycles. The molecule has 1 aliphatic heterocycles. The molecular weight excluding hydrogens is 260 g/mol. The van der Waals surface area contributed by atoms with Crippen molar-refractivity contribution in [1.82, 2.24) is 14.9 Å². The predicted octanol–water partition coefficient (Wildman–Crippen LogP) is 1.88. The Morgan fingerprint density at radius 3 is 3.16 bits per heavy atom. The molecule has 0 radical (unpaired) electrons. The van der Waals surface area contributed by atoms with E-state index >= 15 is 0 Å². The molecule has 0 aromatic carbocycles. The van der Waals surface area contributed by atoms with E-state index in [1.54, 1.807) is 12.4 Å². The highest BCUT2D eigenvalue weighted by Crippen LogP contribution is 2.13.